The number of cyclic esters (lactones) is 1. The molecule has 104 valence electrons. The Bertz CT molecular complexity index is 781. The van der Waals surface area contributed by atoms with Crippen molar-refractivity contribution in [2.75, 3.05) is 0 Å². The van der Waals surface area contributed by atoms with Gasteiger partial charge in [0.1, 0.15) is 0 Å². The van der Waals surface area contributed by atoms with Gasteiger partial charge in [-0.2, -0.15) is 0 Å². The molecule has 0 bridgehead atoms. The third-order valence-electron chi connectivity index (χ3n) is 2.84. The van der Waals surface area contributed by atoms with Gasteiger partial charge < -0.3 is 4.74 Å². The number of nitrogens with zero attached hydrogens (tertiary/aromatic N) is 1. The second-order valence-corrected chi connectivity index (χ2v) is 6.89. The topological polar surface area (TPSA) is 38.7 Å². The fourth-order valence-electron chi connectivity index (χ4n) is 1.91. The highest BCUT2D eigenvalue weighted by Crippen LogP contribution is 2.20. The molecule has 0 radical (unpaired) electrons. The van der Waals surface area contributed by atoms with Gasteiger partial charge in [0.25, 0.3) is 0 Å². The Hall–Kier alpha value is -1.22. The van der Waals surface area contributed by atoms with E-state index in [0.717, 1.165) is 18.3 Å². The molecule has 1 aliphatic rings. The molecule has 0 saturated carbocycles. The third kappa shape index (κ3) is 3.52. The minimum atomic E-state index is -0.414. The maximum absolute atomic E-state index is 11.9. The van der Waals surface area contributed by atoms with Crippen LogP contribution in [0.15, 0.2) is 59.2 Å². The number of rotatable bonds is 2. The zero-order valence-electron chi connectivity index (χ0n) is 10.7. The number of benzene rings is 2. The average Bonchev–Trinajstić information content (AvgIpc) is 2.80. The van der Waals surface area contributed by atoms with Crippen LogP contribution in [0.5, 0.6) is 0 Å². The maximum atomic E-state index is 11.9. The Balaban J connectivity index is 1.95. The van der Waals surface area contributed by atoms with E-state index in [1.807, 2.05) is 48.5 Å². The Morgan fingerprint density at radius 2 is 1.71 bits per heavy atom. The van der Waals surface area contributed by atoms with E-state index in [1.165, 1.54) is 0 Å². The number of hydrogen-bond acceptors (Lipinski definition) is 3. The summed E-state index contributed by atoms with van der Waals surface area (Å²) in [5.74, 6) is -0.0573. The van der Waals surface area contributed by atoms with Gasteiger partial charge in [-0.1, -0.05) is 18.2 Å². The number of halogens is 2. The van der Waals surface area contributed by atoms with E-state index in [1.54, 1.807) is 6.08 Å². The van der Waals surface area contributed by atoms with Crippen molar-refractivity contribution in [1.82, 2.24) is 0 Å². The zero-order valence-corrected chi connectivity index (χ0v) is 15.0. The molecule has 0 fully saturated rings. The summed E-state index contributed by atoms with van der Waals surface area (Å²) < 4.78 is 7.43. The smallest absolute Gasteiger partial charge is 0.363 e. The summed E-state index contributed by atoms with van der Waals surface area (Å²) in [7, 11) is 0. The molecule has 3 rings (SSSR count). The number of ether oxygens (including phenoxy) is 1. The van der Waals surface area contributed by atoms with Gasteiger partial charge in [-0.3, -0.25) is 0 Å². The quantitative estimate of drug-likeness (QED) is 0.351. The predicted octanol–water partition coefficient (Wildman–Crippen LogP) is 4.24. The van der Waals surface area contributed by atoms with Crippen LogP contribution >= 0.6 is 45.2 Å². The molecule has 0 aromatic heterocycles. The summed E-state index contributed by atoms with van der Waals surface area (Å²) in [6, 6.07) is 15.6. The molecule has 2 aromatic carbocycles. The van der Waals surface area contributed by atoms with Crippen molar-refractivity contribution in [1.29, 1.82) is 0 Å². The minimum absolute atomic E-state index is 0.325. The van der Waals surface area contributed by atoms with Crippen molar-refractivity contribution in [3.05, 3.63) is 72.5 Å². The second-order valence-electron chi connectivity index (χ2n) is 4.40. The van der Waals surface area contributed by atoms with E-state index in [4.69, 9.17) is 4.74 Å². The van der Waals surface area contributed by atoms with Crippen LogP contribution in [0.3, 0.4) is 0 Å². The summed E-state index contributed by atoms with van der Waals surface area (Å²) in [4.78, 5) is 16.2. The minimum Gasteiger partial charge on any atom is -0.402 e. The van der Waals surface area contributed by atoms with Crippen molar-refractivity contribution in [2.24, 2.45) is 4.99 Å². The van der Waals surface area contributed by atoms with Crippen molar-refractivity contribution < 1.29 is 9.53 Å². The van der Waals surface area contributed by atoms with Gasteiger partial charge in [0.05, 0.1) is 0 Å². The molecule has 0 amide bonds. The van der Waals surface area contributed by atoms with Crippen LogP contribution in [0.25, 0.3) is 6.08 Å². The molecule has 1 heterocycles. The molecule has 0 spiro atoms. The maximum Gasteiger partial charge on any atom is 0.363 e. The van der Waals surface area contributed by atoms with E-state index < -0.39 is 5.97 Å². The number of aliphatic imine (C=N–C) groups is 1. The molecule has 0 aliphatic carbocycles. The van der Waals surface area contributed by atoms with Crippen molar-refractivity contribution in [3.8, 4) is 0 Å². The first-order valence-corrected chi connectivity index (χ1v) is 8.32. The molecular formula is C16H9I2NO2. The van der Waals surface area contributed by atoms with Crippen LogP contribution < -0.4 is 0 Å². The number of carbonyl (C=O) groups excluding carboxylic acids is 1. The first kappa shape index (κ1) is 14.7. The molecule has 0 unspecified atom stereocenters. The van der Waals surface area contributed by atoms with E-state index in [-0.39, 0.29) is 0 Å². The lowest BCUT2D eigenvalue weighted by Crippen LogP contribution is -2.05. The lowest BCUT2D eigenvalue weighted by molar-refractivity contribution is -0.129. The molecule has 1 aliphatic heterocycles. The van der Waals surface area contributed by atoms with Gasteiger partial charge in [0, 0.05) is 12.7 Å². The van der Waals surface area contributed by atoms with Crippen molar-refractivity contribution in [3.63, 3.8) is 0 Å². The first-order valence-electron chi connectivity index (χ1n) is 6.16. The molecule has 21 heavy (non-hydrogen) atoms. The lowest BCUT2D eigenvalue weighted by Gasteiger charge is -1.99. The molecule has 3 nitrogen and oxygen atoms in total. The average molecular weight is 501 g/mol. The fraction of sp³-hybridized carbons (Fsp3) is 0. The van der Waals surface area contributed by atoms with Crippen LogP contribution in [0, 0.1) is 7.14 Å². The SMILES string of the molecule is O=C1OC(c2cccc(I)c2)=N/C1=C/c1cccc(I)c1. The number of esters is 1. The molecule has 2 aromatic rings. The summed E-state index contributed by atoms with van der Waals surface area (Å²) in [6.07, 6.45) is 1.74. The highest BCUT2D eigenvalue weighted by atomic mass is 127. The summed E-state index contributed by atoms with van der Waals surface area (Å²) in [5, 5.41) is 0. The number of hydrogen-bond donors (Lipinski definition) is 0. The third-order valence-corrected chi connectivity index (χ3v) is 4.19. The van der Waals surface area contributed by atoms with Crippen LogP contribution in [-0.2, 0) is 9.53 Å². The summed E-state index contributed by atoms with van der Waals surface area (Å²) in [6.45, 7) is 0. The highest BCUT2D eigenvalue weighted by Gasteiger charge is 2.24. The fourth-order valence-corrected chi connectivity index (χ4v) is 3.02. The Kier molecular flexibility index (Phi) is 4.39. The summed E-state index contributed by atoms with van der Waals surface area (Å²) in [5.41, 5.74) is 2.06. The van der Waals surface area contributed by atoms with Crippen LogP contribution in [0.4, 0.5) is 0 Å². The van der Waals surface area contributed by atoms with E-state index in [2.05, 4.69) is 50.2 Å². The number of carbonyl (C=O) groups is 1. The Morgan fingerprint density at radius 3 is 2.43 bits per heavy atom. The normalized spacial score (nSPS) is 16.0. The van der Waals surface area contributed by atoms with Gasteiger partial charge in [0.2, 0.25) is 5.90 Å². The van der Waals surface area contributed by atoms with Crippen molar-refractivity contribution >= 4 is 63.1 Å². The van der Waals surface area contributed by atoms with Crippen LogP contribution in [-0.4, -0.2) is 11.9 Å². The van der Waals surface area contributed by atoms with Gasteiger partial charge in [-0.15, -0.1) is 0 Å². The lowest BCUT2D eigenvalue weighted by atomic mass is 10.2. The Labute approximate surface area is 149 Å². The van der Waals surface area contributed by atoms with Crippen LogP contribution in [0.2, 0.25) is 0 Å². The highest BCUT2D eigenvalue weighted by molar-refractivity contribution is 14.1. The van der Waals surface area contributed by atoms with Gasteiger partial charge >= 0.3 is 5.97 Å². The largest absolute Gasteiger partial charge is 0.402 e. The first-order chi connectivity index (χ1) is 10.1. The predicted molar refractivity (Wildman–Crippen MR) is 98.9 cm³/mol. The standard InChI is InChI=1S/C16H9I2NO2/c17-12-5-1-3-10(7-12)8-14-16(20)21-15(19-14)11-4-2-6-13(18)9-11/h1-9H/b14-8+. The molecule has 5 heteroatoms. The summed E-state index contributed by atoms with van der Waals surface area (Å²) >= 11 is 4.45. The monoisotopic (exact) mass is 501 g/mol. The van der Waals surface area contributed by atoms with Crippen LogP contribution in [0.1, 0.15) is 11.1 Å². The van der Waals surface area contributed by atoms with E-state index in [0.29, 0.717) is 11.6 Å². The second kappa shape index (κ2) is 6.27. The molecular weight excluding hydrogens is 492 g/mol. The van der Waals surface area contributed by atoms with Crippen molar-refractivity contribution in [2.45, 2.75) is 0 Å². The van der Waals surface area contributed by atoms with Gasteiger partial charge in [-0.05, 0) is 87.2 Å². The zero-order chi connectivity index (χ0) is 14.8. The molecule has 0 atom stereocenters. The molecule has 0 saturated heterocycles. The van der Waals surface area contributed by atoms with E-state index >= 15 is 0 Å². The van der Waals surface area contributed by atoms with E-state index in [9.17, 15) is 4.79 Å². The van der Waals surface area contributed by atoms with Gasteiger partial charge in [-0.25, -0.2) is 9.79 Å². The molecule has 0 N–H and O–H groups in total. The van der Waals surface area contributed by atoms with Gasteiger partial charge in [0.15, 0.2) is 5.70 Å². The Morgan fingerprint density at radius 1 is 1.00 bits per heavy atom.